The fourth-order valence-corrected chi connectivity index (χ4v) is 4.20. The van der Waals surface area contributed by atoms with Crippen molar-refractivity contribution >= 4 is 35.1 Å². The van der Waals surface area contributed by atoms with Gasteiger partial charge in [0.2, 0.25) is 0 Å². The molecule has 8 heteroatoms. The van der Waals surface area contributed by atoms with Gasteiger partial charge in [-0.3, -0.25) is 4.79 Å². The SMILES string of the molecule is CCOC(=O)c1sc(CC(=O)/C(C#N)=C/c2ccccc2OCC)c(C(=O)OCC)c1C. The number of esters is 2. The monoisotopic (exact) mass is 455 g/mol. The van der Waals surface area contributed by atoms with Gasteiger partial charge in [0, 0.05) is 16.9 Å². The summed E-state index contributed by atoms with van der Waals surface area (Å²) in [5.41, 5.74) is 1.08. The second-order valence-corrected chi connectivity index (χ2v) is 7.64. The summed E-state index contributed by atoms with van der Waals surface area (Å²) >= 11 is 1.00. The van der Waals surface area contributed by atoms with E-state index in [0.717, 1.165) is 11.3 Å². The highest BCUT2D eigenvalue weighted by Gasteiger charge is 2.28. The van der Waals surface area contributed by atoms with E-state index >= 15 is 0 Å². The van der Waals surface area contributed by atoms with Gasteiger partial charge >= 0.3 is 11.9 Å². The number of carbonyl (C=O) groups is 3. The molecule has 0 amide bonds. The summed E-state index contributed by atoms with van der Waals surface area (Å²) in [5.74, 6) is -1.12. The number of nitriles is 1. The fourth-order valence-electron chi connectivity index (χ4n) is 3.02. The van der Waals surface area contributed by atoms with Crippen molar-refractivity contribution in [3.05, 3.63) is 56.3 Å². The Bertz CT molecular complexity index is 1080. The van der Waals surface area contributed by atoms with Crippen molar-refractivity contribution < 1.29 is 28.6 Å². The van der Waals surface area contributed by atoms with Gasteiger partial charge < -0.3 is 14.2 Å². The molecule has 1 aromatic heterocycles. The molecule has 0 N–H and O–H groups in total. The lowest BCUT2D eigenvalue weighted by Gasteiger charge is -2.07. The molecule has 0 unspecified atom stereocenters. The minimum Gasteiger partial charge on any atom is -0.493 e. The summed E-state index contributed by atoms with van der Waals surface area (Å²) in [4.78, 5) is 38.4. The van der Waals surface area contributed by atoms with E-state index in [4.69, 9.17) is 14.2 Å². The molecular formula is C24H25NO6S. The average molecular weight is 456 g/mol. The standard InChI is InChI=1S/C24H25NO6S/c1-5-29-19-11-9-8-10-16(19)12-17(14-25)18(26)13-20-21(23(27)30-6-2)15(4)22(32-20)24(28)31-7-3/h8-12H,5-7,13H2,1-4H3/b17-12+. The molecular weight excluding hydrogens is 430 g/mol. The van der Waals surface area contributed by atoms with E-state index in [-0.39, 0.29) is 35.6 Å². The minimum atomic E-state index is -0.622. The van der Waals surface area contributed by atoms with E-state index in [2.05, 4.69) is 0 Å². The van der Waals surface area contributed by atoms with Crippen LogP contribution in [0, 0.1) is 18.3 Å². The quantitative estimate of drug-likeness (QED) is 0.295. The van der Waals surface area contributed by atoms with Gasteiger partial charge in [-0.1, -0.05) is 18.2 Å². The molecule has 168 valence electrons. The Labute approximate surface area is 191 Å². The van der Waals surface area contributed by atoms with Crippen molar-refractivity contribution in [3.63, 3.8) is 0 Å². The van der Waals surface area contributed by atoms with Crippen LogP contribution >= 0.6 is 11.3 Å². The first-order valence-electron chi connectivity index (χ1n) is 10.2. The first-order chi connectivity index (χ1) is 15.4. The maximum absolute atomic E-state index is 13.0. The van der Waals surface area contributed by atoms with E-state index in [1.165, 1.54) is 6.08 Å². The van der Waals surface area contributed by atoms with Gasteiger partial charge in [0.1, 0.15) is 16.7 Å². The van der Waals surface area contributed by atoms with Crippen molar-refractivity contribution in [2.75, 3.05) is 19.8 Å². The molecule has 2 aromatic rings. The van der Waals surface area contributed by atoms with Gasteiger partial charge in [-0.25, -0.2) is 9.59 Å². The molecule has 0 saturated heterocycles. The molecule has 0 aliphatic heterocycles. The predicted molar refractivity (Wildman–Crippen MR) is 121 cm³/mol. The van der Waals surface area contributed by atoms with E-state index < -0.39 is 17.7 Å². The maximum Gasteiger partial charge on any atom is 0.348 e. The van der Waals surface area contributed by atoms with Gasteiger partial charge in [-0.2, -0.15) is 5.26 Å². The van der Waals surface area contributed by atoms with E-state index in [0.29, 0.717) is 28.4 Å². The van der Waals surface area contributed by atoms with Gasteiger partial charge in [0.15, 0.2) is 5.78 Å². The van der Waals surface area contributed by atoms with E-state index in [1.54, 1.807) is 45.0 Å². The predicted octanol–water partition coefficient (Wildman–Crippen LogP) is 4.53. The Morgan fingerprint density at radius 3 is 2.31 bits per heavy atom. The molecule has 0 saturated carbocycles. The molecule has 1 heterocycles. The van der Waals surface area contributed by atoms with Gasteiger partial charge in [-0.15, -0.1) is 11.3 Å². The van der Waals surface area contributed by atoms with Crippen LogP contribution in [0.3, 0.4) is 0 Å². The van der Waals surface area contributed by atoms with Crippen molar-refractivity contribution in [2.45, 2.75) is 34.1 Å². The van der Waals surface area contributed by atoms with Crippen LogP contribution in [0.15, 0.2) is 29.8 Å². The number of para-hydroxylation sites is 1. The number of Topliss-reactive ketones (excluding diaryl/α,β-unsaturated/α-hetero) is 1. The third-order valence-corrected chi connectivity index (χ3v) is 5.69. The lowest BCUT2D eigenvalue weighted by atomic mass is 10.0. The van der Waals surface area contributed by atoms with Crippen molar-refractivity contribution in [1.29, 1.82) is 5.26 Å². The Kier molecular flexibility index (Phi) is 9.17. The number of carbonyl (C=O) groups excluding carboxylic acids is 3. The molecule has 0 fully saturated rings. The van der Waals surface area contributed by atoms with Gasteiger partial charge in [-0.05, 0) is 45.4 Å². The van der Waals surface area contributed by atoms with Crippen molar-refractivity contribution in [3.8, 4) is 11.8 Å². The second kappa shape index (κ2) is 11.8. The molecule has 0 atom stereocenters. The summed E-state index contributed by atoms with van der Waals surface area (Å²) in [7, 11) is 0. The Balaban J connectivity index is 2.44. The molecule has 0 radical (unpaired) electrons. The molecule has 2 rings (SSSR count). The lowest BCUT2D eigenvalue weighted by Crippen LogP contribution is -2.12. The van der Waals surface area contributed by atoms with Crippen LogP contribution in [0.1, 0.15) is 56.8 Å². The molecule has 0 spiro atoms. The largest absolute Gasteiger partial charge is 0.493 e. The molecule has 0 aliphatic rings. The van der Waals surface area contributed by atoms with Crippen LogP contribution in [-0.2, 0) is 20.7 Å². The zero-order valence-corrected chi connectivity index (χ0v) is 19.3. The summed E-state index contributed by atoms with van der Waals surface area (Å²) in [6, 6.07) is 9.00. The molecule has 0 bridgehead atoms. The van der Waals surface area contributed by atoms with Crippen molar-refractivity contribution in [2.24, 2.45) is 0 Å². The number of ether oxygens (including phenoxy) is 3. The minimum absolute atomic E-state index is 0.0873. The molecule has 0 aliphatic carbocycles. The zero-order chi connectivity index (χ0) is 23.7. The van der Waals surface area contributed by atoms with E-state index in [1.807, 2.05) is 13.0 Å². The third kappa shape index (κ3) is 5.83. The number of nitrogens with zero attached hydrogens (tertiary/aromatic N) is 1. The highest BCUT2D eigenvalue weighted by molar-refractivity contribution is 7.14. The highest BCUT2D eigenvalue weighted by Crippen LogP contribution is 2.31. The van der Waals surface area contributed by atoms with Crippen molar-refractivity contribution in [1.82, 2.24) is 0 Å². The number of allylic oxidation sites excluding steroid dienone is 1. The summed E-state index contributed by atoms with van der Waals surface area (Å²) in [6.07, 6.45) is 1.24. The van der Waals surface area contributed by atoms with Crippen LogP contribution in [0.25, 0.3) is 6.08 Å². The first-order valence-corrected chi connectivity index (χ1v) is 11.0. The summed E-state index contributed by atoms with van der Waals surface area (Å²) < 4.78 is 15.7. The average Bonchev–Trinajstić information content (AvgIpc) is 3.09. The highest BCUT2D eigenvalue weighted by atomic mass is 32.1. The molecule has 1 aromatic carbocycles. The number of rotatable bonds is 10. The molecule has 7 nitrogen and oxygen atoms in total. The summed E-state index contributed by atoms with van der Waals surface area (Å²) in [5, 5.41) is 9.60. The normalized spacial score (nSPS) is 10.9. The Hall–Kier alpha value is -3.44. The number of hydrogen-bond acceptors (Lipinski definition) is 8. The smallest absolute Gasteiger partial charge is 0.348 e. The summed E-state index contributed by atoms with van der Waals surface area (Å²) in [6.45, 7) is 7.57. The number of ketones is 1. The van der Waals surface area contributed by atoms with Crippen LogP contribution in [-0.4, -0.2) is 37.5 Å². The van der Waals surface area contributed by atoms with Gasteiger partial charge in [0.25, 0.3) is 0 Å². The Morgan fingerprint density at radius 2 is 1.69 bits per heavy atom. The molecule has 32 heavy (non-hydrogen) atoms. The van der Waals surface area contributed by atoms with Crippen LogP contribution < -0.4 is 4.74 Å². The first kappa shape index (κ1) is 24.8. The number of benzene rings is 1. The fraction of sp³-hybridized carbons (Fsp3) is 0.333. The number of thiophene rings is 1. The third-order valence-electron chi connectivity index (χ3n) is 4.42. The van der Waals surface area contributed by atoms with Crippen LogP contribution in [0.4, 0.5) is 0 Å². The zero-order valence-electron chi connectivity index (χ0n) is 18.5. The topological polar surface area (TPSA) is 103 Å². The van der Waals surface area contributed by atoms with Crippen LogP contribution in [0.2, 0.25) is 0 Å². The lowest BCUT2D eigenvalue weighted by molar-refractivity contribution is -0.114. The van der Waals surface area contributed by atoms with E-state index in [9.17, 15) is 19.6 Å². The second-order valence-electron chi connectivity index (χ2n) is 6.54. The number of hydrogen-bond donors (Lipinski definition) is 0. The Morgan fingerprint density at radius 1 is 1.03 bits per heavy atom. The van der Waals surface area contributed by atoms with Gasteiger partial charge in [0.05, 0.1) is 31.0 Å². The van der Waals surface area contributed by atoms with Crippen LogP contribution in [0.5, 0.6) is 5.75 Å². The maximum atomic E-state index is 13.0.